The molecule has 12 atom stereocenters. The minimum absolute atomic E-state index is 0.00714. The van der Waals surface area contributed by atoms with E-state index in [0.29, 0.717) is 74.0 Å². The van der Waals surface area contributed by atoms with Crippen molar-refractivity contribution in [2.45, 2.75) is 111 Å². The monoisotopic (exact) mass is 614 g/mol. The smallest absolute Gasteiger partial charge is 0.237 e. The molecular weight excluding hydrogens is 556 g/mol. The van der Waals surface area contributed by atoms with Crippen LogP contribution in [-0.2, 0) is 23.7 Å². The van der Waals surface area contributed by atoms with Crippen LogP contribution in [-0.4, -0.2) is 105 Å². The molecule has 8 unspecified atom stereocenters. The van der Waals surface area contributed by atoms with Gasteiger partial charge in [0.1, 0.15) is 0 Å². The van der Waals surface area contributed by atoms with E-state index >= 15 is 0 Å². The molecule has 2 spiro atoms. The zero-order chi connectivity index (χ0) is 30.7. The van der Waals surface area contributed by atoms with Crippen LogP contribution in [0.3, 0.4) is 0 Å². The molecule has 3 heterocycles. The Morgan fingerprint density at radius 1 is 0.886 bits per heavy atom. The number of hydrogen-bond acceptors (Lipinski definition) is 7. The molecule has 8 rings (SSSR count). The molecule has 0 bridgehead atoms. The van der Waals surface area contributed by atoms with Gasteiger partial charge in [-0.2, -0.15) is 0 Å². The van der Waals surface area contributed by atoms with Gasteiger partial charge in [-0.05, 0) is 96.7 Å². The lowest BCUT2D eigenvalue weighted by molar-refractivity contribution is -0.248. The number of carbonyl (C=O) groups excluding carboxylic acids is 1. The highest BCUT2D eigenvalue weighted by atomic mass is 16.7. The molecule has 44 heavy (non-hydrogen) atoms. The number of hydrogen-bond donors (Lipinski definition) is 1. The predicted octanol–water partition coefficient (Wildman–Crippen LogP) is 4.33. The first-order valence-electron chi connectivity index (χ1n) is 18.1. The Morgan fingerprint density at radius 2 is 1.64 bits per heavy atom. The van der Waals surface area contributed by atoms with Crippen LogP contribution in [0.1, 0.15) is 86.0 Å². The number of carbonyl (C=O) groups is 1. The third-order valence-corrected chi connectivity index (χ3v) is 15.9. The largest absolute Gasteiger partial charge is 0.390 e. The molecule has 3 saturated heterocycles. The molecule has 5 saturated carbocycles. The molecule has 5 aliphatic carbocycles. The van der Waals surface area contributed by atoms with Crippen molar-refractivity contribution in [3.8, 4) is 0 Å². The second-order valence-electron chi connectivity index (χ2n) is 17.5. The second kappa shape index (κ2) is 10.4. The number of amides is 1. The summed E-state index contributed by atoms with van der Waals surface area (Å²) in [5, 5.41) is 12.1. The van der Waals surface area contributed by atoms with E-state index in [9.17, 15) is 9.90 Å². The molecule has 1 N–H and O–H groups in total. The summed E-state index contributed by atoms with van der Waals surface area (Å²) in [6, 6.07) is 0. The third-order valence-electron chi connectivity index (χ3n) is 15.9. The second-order valence-corrected chi connectivity index (χ2v) is 17.5. The number of morpholine rings is 2. The van der Waals surface area contributed by atoms with Gasteiger partial charge in [-0.25, -0.2) is 0 Å². The molecule has 8 fully saturated rings. The standard InChI is InChI=1S/C36H58N2O6/c1-23-9-16-43-30-29(23)33(4)11-12-36-22-35(36)10-8-26(32(2,3)24(35)6-7-25(36)34(33,5)31(30)40)44-28-21-38(15-19-42-28)27(39)20-37-13-17-41-18-14-37/h23-26,28-31,40H,6-22H2,1-5H3/t23-,24+,25?,26?,28?,29?,30?,31+,33?,34-,35?,36?/m1/s1. The lowest BCUT2D eigenvalue weighted by atomic mass is 9.41. The molecule has 8 heteroatoms. The Morgan fingerprint density at radius 3 is 2.43 bits per heavy atom. The fraction of sp³-hybridized carbons (Fsp3) is 0.972. The minimum atomic E-state index is -0.360. The van der Waals surface area contributed by atoms with Crippen LogP contribution in [0.5, 0.6) is 0 Å². The summed E-state index contributed by atoms with van der Waals surface area (Å²) in [5.74, 6) is 2.46. The first-order chi connectivity index (χ1) is 21.0. The van der Waals surface area contributed by atoms with E-state index in [1.165, 1.54) is 38.5 Å². The molecule has 0 aromatic carbocycles. The maximum atomic E-state index is 13.2. The number of rotatable bonds is 4. The van der Waals surface area contributed by atoms with Crippen molar-refractivity contribution >= 4 is 5.91 Å². The molecule has 248 valence electrons. The molecule has 8 nitrogen and oxygen atoms in total. The van der Waals surface area contributed by atoms with Crippen LogP contribution < -0.4 is 0 Å². The van der Waals surface area contributed by atoms with Crippen LogP contribution in [0.4, 0.5) is 0 Å². The Balaban J connectivity index is 0.973. The van der Waals surface area contributed by atoms with Gasteiger partial charge in [0, 0.05) is 31.7 Å². The maximum Gasteiger partial charge on any atom is 0.237 e. The van der Waals surface area contributed by atoms with Crippen LogP contribution in [0.2, 0.25) is 0 Å². The molecule has 3 aliphatic heterocycles. The maximum absolute atomic E-state index is 13.2. The van der Waals surface area contributed by atoms with Crippen LogP contribution in [0, 0.1) is 50.7 Å². The third kappa shape index (κ3) is 4.00. The van der Waals surface area contributed by atoms with Crippen molar-refractivity contribution < 1.29 is 28.8 Å². The summed E-state index contributed by atoms with van der Waals surface area (Å²) in [7, 11) is 0. The van der Waals surface area contributed by atoms with E-state index in [1.807, 2.05) is 4.90 Å². The average Bonchev–Trinajstić information content (AvgIpc) is 3.64. The van der Waals surface area contributed by atoms with Gasteiger partial charge in [-0.1, -0.05) is 34.6 Å². The first-order valence-corrected chi connectivity index (χ1v) is 18.1. The van der Waals surface area contributed by atoms with Gasteiger partial charge in [0.2, 0.25) is 5.91 Å². The highest BCUT2D eigenvalue weighted by molar-refractivity contribution is 5.78. The molecule has 8 aliphatic rings. The number of fused-ring (bicyclic) bond motifs is 4. The van der Waals surface area contributed by atoms with Crippen LogP contribution in [0.15, 0.2) is 0 Å². The summed E-state index contributed by atoms with van der Waals surface area (Å²) in [6.07, 6.45) is 9.14. The van der Waals surface area contributed by atoms with Crippen molar-refractivity contribution in [3.63, 3.8) is 0 Å². The highest BCUT2D eigenvalue weighted by Crippen LogP contribution is 2.89. The molecule has 0 aromatic heterocycles. The van der Waals surface area contributed by atoms with E-state index < -0.39 is 0 Å². The zero-order valence-electron chi connectivity index (χ0n) is 28.0. The summed E-state index contributed by atoms with van der Waals surface area (Å²) in [5.41, 5.74) is 0.823. The summed E-state index contributed by atoms with van der Waals surface area (Å²) >= 11 is 0. The molecule has 0 radical (unpaired) electrons. The van der Waals surface area contributed by atoms with E-state index in [1.54, 1.807) is 0 Å². The topological polar surface area (TPSA) is 80.7 Å². The van der Waals surface area contributed by atoms with E-state index in [-0.39, 0.29) is 46.8 Å². The molecular formula is C36H58N2O6. The lowest BCUT2D eigenvalue weighted by Crippen LogP contribution is -2.60. The lowest BCUT2D eigenvalue weighted by Gasteiger charge is -2.63. The summed E-state index contributed by atoms with van der Waals surface area (Å²) < 4.78 is 24.9. The van der Waals surface area contributed by atoms with Crippen molar-refractivity contribution in [2.24, 2.45) is 50.7 Å². The van der Waals surface area contributed by atoms with Gasteiger partial charge in [0.15, 0.2) is 6.29 Å². The van der Waals surface area contributed by atoms with Gasteiger partial charge in [-0.15, -0.1) is 0 Å². The number of aliphatic hydroxyl groups excluding tert-OH is 1. The molecule has 1 amide bonds. The Kier molecular flexibility index (Phi) is 7.20. The minimum Gasteiger partial charge on any atom is -0.390 e. The van der Waals surface area contributed by atoms with E-state index in [0.717, 1.165) is 32.5 Å². The average molecular weight is 615 g/mol. The number of ether oxygens (including phenoxy) is 4. The Bertz CT molecular complexity index is 1140. The van der Waals surface area contributed by atoms with Crippen LogP contribution >= 0.6 is 0 Å². The van der Waals surface area contributed by atoms with Gasteiger partial charge in [-0.3, -0.25) is 9.69 Å². The summed E-state index contributed by atoms with van der Waals surface area (Å²) in [4.78, 5) is 17.3. The van der Waals surface area contributed by atoms with Gasteiger partial charge in [0.05, 0.1) is 51.2 Å². The van der Waals surface area contributed by atoms with Crippen molar-refractivity contribution in [1.29, 1.82) is 0 Å². The van der Waals surface area contributed by atoms with Crippen molar-refractivity contribution in [3.05, 3.63) is 0 Å². The quantitative estimate of drug-likeness (QED) is 0.505. The predicted molar refractivity (Wildman–Crippen MR) is 166 cm³/mol. The summed E-state index contributed by atoms with van der Waals surface area (Å²) in [6.45, 7) is 18.4. The number of nitrogens with zero attached hydrogens (tertiary/aromatic N) is 2. The van der Waals surface area contributed by atoms with Crippen LogP contribution in [0.25, 0.3) is 0 Å². The fourth-order valence-corrected chi connectivity index (χ4v) is 13.6. The van der Waals surface area contributed by atoms with Crippen molar-refractivity contribution in [2.75, 3.05) is 59.2 Å². The molecule has 0 aromatic rings. The first kappa shape index (κ1) is 30.6. The Labute approximate surface area is 264 Å². The fourth-order valence-electron chi connectivity index (χ4n) is 13.6. The normalized spacial score (nSPS) is 53.1. The number of aliphatic hydroxyl groups is 1. The Hall–Kier alpha value is -0.770. The highest BCUT2D eigenvalue weighted by Gasteiger charge is 2.84. The zero-order valence-corrected chi connectivity index (χ0v) is 28.0. The van der Waals surface area contributed by atoms with Gasteiger partial charge < -0.3 is 29.0 Å². The van der Waals surface area contributed by atoms with Gasteiger partial charge >= 0.3 is 0 Å². The van der Waals surface area contributed by atoms with E-state index in [4.69, 9.17) is 18.9 Å². The van der Waals surface area contributed by atoms with Crippen molar-refractivity contribution in [1.82, 2.24) is 9.80 Å². The SMILES string of the molecule is C[C@@H]1CCOC2C1C1(C)CCC34CC35CCC(OC3CN(C(=O)CN6CCOCC6)CCO3)C(C)(C)[C@@H]5CCC4[C@]1(C)[C@H]2O. The van der Waals surface area contributed by atoms with E-state index in [2.05, 4.69) is 39.5 Å². The van der Waals surface area contributed by atoms with Gasteiger partial charge in [0.25, 0.3) is 0 Å².